The maximum absolute atomic E-state index is 13.3. The van der Waals surface area contributed by atoms with Gasteiger partial charge in [0.2, 0.25) is 5.92 Å². The molecule has 1 fully saturated rings. The van der Waals surface area contributed by atoms with Crippen LogP contribution >= 0.6 is 34.2 Å². The van der Waals surface area contributed by atoms with Crippen molar-refractivity contribution in [1.29, 1.82) is 0 Å². The zero-order valence-corrected chi connectivity index (χ0v) is 13.6. The second kappa shape index (κ2) is 6.02. The third-order valence-electron chi connectivity index (χ3n) is 3.20. The van der Waals surface area contributed by atoms with E-state index in [1.807, 2.05) is 22.6 Å². The van der Waals surface area contributed by atoms with Crippen LogP contribution in [0.4, 0.5) is 27.8 Å². The lowest BCUT2D eigenvalue weighted by Gasteiger charge is -2.24. The topological polar surface area (TPSA) is 16.1 Å². The molecule has 1 aromatic heterocycles. The Morgan fingerprint density at radius 1 is 1.24 bits per heavy atom. The number of halogens is 7. The Hall–Kier alpha value is -0.380. The van der Waals surface area contributed by atoms with Gasteiger partial charge in [-0.1, -0.05) is 11.6 Å². The molecule has 0 bridgehead atoms. The molecule has 1 aromatic rings. The van der Waals surface area contributed by atoms with Gasteiger partial charge in [-0.3, -0.25) is 0 Å². The van der Waals surface area contributed by atoms with Crippen molar-refractivity contribution in [2.45, 2.75) is 31.4 Å². The highest BCUT2D eigenvalue weighted by Gasteiger charge is 2.37. The summed E-state index contributed by atoms with van der Waals surface area (Å²) in [5, 5.41) is -0.490. The second-order valence-corrected chi connectivity index (χ2v) is 6.39. The fourth-order valence-electron chi connectivity index (χ4n) is 2.15. The van der Waals surface area contributed by atoms with Crippen LogP contribution in [0, 0.1) is 3.57 Å². The summed E-state index contributed by atoms with van der Waals surface area (Å²) in [6.45, 7) is 0.215. The Bertz CT molecular complexity index is 535. The van der Waals surface area contributed by atoms with E-state index < -0.39 is 29.2 Å². The molecule has 1 aliphatic heterocycles. The second-order valence-electron chi connectivity index (χ2n) is 4.82. The molecule has 0 atom stereocenters. The zero-order valence-electron chi connectivity index (χ0n) is 10.7. The molecule has 2 nitrogen and oxygen atoms in total. The molecule has 0 saturated carbocycles. The molecule has 2 heterocycles. The van der Waals surface area contributed by atoms with Crippen LogP contribution in [0.2, 0.25) is 5.02 Å². The van der Waals surface area contributed by atoms with Crippen molar-refractivity contribution in [2.24, 2.45) is 0 Å². The highest BCUT2D eigenvalue weighted by Crippen LogP contribution is 2.37. The zero-order chi connectivity index (χ0) is 15.8. The van der Waals surface area contributed by atoms with E-state index >= 15 is 0 Å². The highest BCUT2D eigenvalue weighted by molar-refractivity contribution is 14.1. The first kappa shape index (κ1) is 17.0. The van der Waals surface area contributed by atoms with Gasteiger partial charge < -0.3 is 4.90 Å². The van der Waals surface area contributed by atoms with Crippen LogP contribution in [-0.2, 0) is 6.18 Å². The van der Waals surface area contributed by atoms with E-state index in [9.17, 15) is 22.0 Å². The normalized spacial score (nSPS) is 19.5. The van der Waals surface area contributed by atoms with E-state index in [1.54, 1.807) is 0 Å². The lowest BCUT2D eigenvalue weighted by atomic mass is 10.1. The van der Waals surface area contributed by atoms with E-state index in [0.29, 0.717) is 3.57 Å². The number of hydrogen-bond donors (Lipinski definition) is 0. The van der Waals surface area contributed by atoms with E-state index in [4.69, 9.17) is 11.6 Å². The summed E-state index contributed by atoms with van der Waals surface area (Å²) in [6.07, 6.45) is -5.13. The van der Waals surface area contributed by atoms with Crippen molar-refractivity contribution in [3.8, 4) is 0 Å². The van der Waals surface area contributed by atoms with Gasteiger partial charge in [-0.25, -0.2) is 13.8 Å². The number of aromatic nitrogens is 1. The molecule has 1 aliphatic rings. The molecule has 0 aromatic carbocycles. The van der Waals surface area contributed by atoms with Gasteiger partial charge in [0.05, 0.1) is 8.59 Å². The summed E-state index contributed by atoms with van der Waals surface area (Å²) in [7, 11) is 0. The lowest BCUT2D eigenvalue weighted by molar-refractivity contribution is -0.141. The van der Waals surface area contributed by atoms with Crippen molar-refractivity contribution in [1.82, 2.24) is 4.98 Å². The molecule has 0 amide bonds. The molecule has 0 spiro atoms. The standard InChI is InChI=1S/C12H11ClF5IN2/c13-7-6-8(19)10(20-9(7)12(16,17)18)21-4-1-2-11(14,15)3-5-21/h6H,1-5H2. The van der Waals surface area contributed by atoms with Crippen LogP contribution in [-0.4, -0.2) is 24.0 Å². The minimum absolute atomic E-state index is 0.0328. The van der Waals surface area contributed by atoms with Crippen LogP contribution in [0.15, 0.2) is 6.07 Å². The van der Waals surface area contributed by atoms with Crippen LogP contribution in [0.1, 0.15) is 25.0 Å². The van der Waals surface area contributed by atoms with Crippen molar-refractivity contribution >= 4 is 40.0 Å². The molecule has 0 radical (unpaired) electrons. The summed E-state index contributed by atoms with van der Waals surface area (Å²) >= 11 is 7.39. The smallest absolute Gasteiger partial charge is 0.356 e. The average Bonchev–Trinajstić information content (AvgIpc) is 2.49. The van der Waals surface area contributed by atoms with Crippen LogP contribution in [0.5, 0.6) is 0 Å². The molecule has 118 valence electrons. The van der Waals surface area contributed by atoms with Gasteiger partial charge in [0.15, 0.2) is 5.69 Å². The number of alkyl halides is 5. The van der Waals surface area contributed by atoms with Crippen LogP contribution < -0.4 is 4.90 Å². The van der Waals surface area contributed by atoms with E-state index in [0.717, 1.165) is 6.07 Å². The summed E-state index contributed by atoms with van der Waals surface area (Å²) in [6, 6.07) is 1.16. The van der Waals surface area contributed by atoms with Crippen LogP contribution in [0.3, 0.4) is 0 Å². The number of pyridine rings is 1. The lowest BCUT2D eigenvalue weighted by Crippen LogP contribution is -2.28. The predicted octanol–water partition coefficient (Wildman–Crippen LogP) is 4.98. The molecule has 1 saturated heterocycles. The third kappa shape index (κ3) is 4.08. The Labute approximate surface area is 136 Å². The first-order chi connectivity index (χ1) is 9.60. The van der Waals surface area contributed by atoms with Gasteiger partial charge in [0.25, 0.3) is 0 Å². The van der Waals surface area contributed by atoms with Gasteiger partial charge in [-0.2, -0.15) is 13.2 Å². The quantitative estimate of drug-likeness (QED) is 0.452. The third-order valence-corrected chi connectivity index (χ3v) is 4.28. The fraction of sp³-hybridized carbons (Fsp3) is 0.583. The molecule has 9 heteroatoms. The molecule has 0 aliphatic carbocycles. The summed E-state index contributed by atoms with van der Waals surface area (Å²) in [5.41, 5.74) is -1.18. The number of anilines is 1. The fourth-order valence-corrected chi connectivity index (χ4v) is 3.37. The van der Waals surface area contributed by atoms with Gasteiger partial charge in [0.1, 0.15) is 5.82 Å². The van der Waals surface area contributed by atoms with Crippen molar-refractivity contribution in [3.05, 3.63) is 20.4 Å². The van der Waals surface area contributed by atoms with Gasteiger partial charge in [-0.15, -0.1) is 0 Å². The SMILES string of the molecule is FC1(F)CCCN(c2nc(C(F)(F)F)c(Cl)cc2I)CC1. The van der Waals surface area contributed by atoms with Crippen LogP contribution in [0.25, 0.3) is 0 Å². The van der Waals surface area contributed by atoms with E-state index in [2.05, 4.69) is 4.98 Å². The molecule has 0 N–H and O–H groups in total. The van der Waals surface area contributed by atoms with E-state index in [-0.39, 0.29) is 31.7 Å². The minimum Gasteiger partial charge on any atom is -0.356 e. The number of rotatable bonds is 1. The Morgan fingerprint density at radius 3 is 2.52 bits per heavy atom. The predicted molar refractivity (Wildman–Crippen MR) is 78.0 cm³/mol. The molecular formula is C12H11ClF5IN2. The van der Waals surface area contributed by atoms with Gasteiger partial charge >= 0.3 is 6.18 Å². The van der Waals surface area contributed by atoms with Crippen molar-refractivity contribution in [2.75, 3.05) is 18.0 Å². The first-order valence-corrected chi connectivity index (χ1v) is 7.62. The Morgan fingerprint density at radius 2 is 1.90 bits per heavy atom. The Kier molecular flexibility index (Phi) is 4.87. The van der Waals surface area contributed by atoms with Gasteiger partial charge in [0, 0.05) is 25.9 Å². The van der Waals surface area contributed by atoms with E-state index in [1.165, 1.54) is 4.90 Å². The maximum Gasteiger partial charge on any atom is 0.434 e. The molecule has 0 unspecified atom stereocenters. The molecule has 21 heavy (non-hydrogen) atoms. The maximum atomic E-state index is 13.3. The molecular weight excluding hydrogens is 429 g/mol. The minimum atomic E-state index is -4.67. The summed E-state index contributed by atoms with van der Waals surface area (Å²) < 4.78 is 65.6. The number of hydrogen-bond acceptors (Lipinski definition) is 2. The van der Waals surface area contributed by atoms with Crippen molar-refractivity contribution < 1.29 is 22.0 Å². The van der Waals surface area contributed by atoms with Crippen molar-refractivity contribution in [3.63, 3.8) is 0 Å². The largest absolute Gasteiger partial charge is 0.434 e. The monoisotopic (exact) mass is 440 g/mol. The summed E-state index contributed by atoms with van der Waals surface area (Å²) in [5.74, 6) is -2.72. The first-order valence-electron chi connectivity index (χ1n) is 6.16. The average molecular weight is 441 g/mol. The number of nitrogens with zero attached hydrogens (tertiary/aromatic N) is 2. The molecule has 2 rings (SSSR count). The van der Waals surface area contributed by atoms with Gasteiger partial charge in [-0.05, 0) is 35.1 Å². The Balaban J connectivity index is 2.35. The highest BCUT2D eigenvalue weighted by atomic mass is 127. The summed E-state index contributed by atoms with van der Waals surface area (Å²) in [4.78, 5) is 5.04.